The minimum absolute atomic E-state index is 0.307. The van der Waals surface area contributed by atoms with Crippen molar-refractivity contribution in [3.8, 4) is 11.3 Å². The molecule has 2 aromatic rings. The molecule has 0 aliphatic heterocycles. The van der Waals surface area contributed by atoms with Crippen molar-refractivity contribution in [1.29, 1.82) is 0 Å². The van der Waals surface area contributed by atoms with Crippen LogP contribution in [0.4, 0.5) is 4.39 Å². The fourth-order valence-electron chi connectivity index (χ4n) is 1.40. The molecule has 1 aromatic heterocycles. The van der Waals surface area contributed by atoms with Gasteiger partial charge in [-0.2, -0.15) is 0 Å². The second-order valence-corrected chi connectivity index (χ2v) is 3.23. The van der Waals surface area contributed by atoms with Crippen LogP contribution < -0.4 is 5.73 Å². The van der Waals surface area contributed by atoms with E-state index < -0.39 is 0 Å². The second-order valence-electron chi connectivity index (χ2n) is 3.23. The predicted octanol–water partition coefficient (Wildman–Crippen LogP) is 2.35. The third-order valence-corrected chi connectivity index (χ3v) is 2.22. The summed E-state index contributed by atoms with van der Waals surface area (Å²) in [5, 5.41) is 0. The van der Waals surface area contributed by atoms with Gasteiger partial charge in [-0.1, -0.05) is 24.3 Å². The highest BCUT2D eigenvalue weighted by Crippen LogP contribution is 2.19. The summed E-state index contributed by atoms with van der Waals surface area (Å²) in [6.07, 6.45) is 1.58. The van der Waals surface area contributed by atoms with E-state index >= 15 is 0 Å². The molecule has 2 rings (SSSR count). The van der Waals surface area contributed by atoms with Gasteiger partial charge in [0.05, 0.1) is 0 Å². The molecule has 0 bridgehead atoms. The van der Waals surface area contributed by atoms with E-state index in [0.29, 0.717) is 12.2 Å². The van der Waals surface area contributed by atoms with Crippen molar-refractivity contribution in [2.24, 2.45) is 5.73 Å². The number of nitrogens with zero attached hydrogens (tertiary/aromatic N) is 1. The van der Waals surface area contributed by atoms with Crippen molar-refractivity contribution in [1.82, 2.24) is 4.98 Å². The van der Waals surface area contributed by atoms with Crippen molar-refractivity contribution < 1.29 is 4.39 Å². The monoisotopic (exact) mass is 202 g/mol. The molecule has 1 aromatic carbocycles. The Morgan fingerprint density at radius 3 is 2.47 bits per heavy atom. The summed E-state index contributed by atoms with van der Waals surface area (Å²) < 4.78 is 13.4. The van der Waals surface area contributed by atoms with E-state index in [-0.39, 0.29) is 5.82 Å². The zero-order chi connectivity index (χ0) is 10.7. The largest absolute Gasteiger partial charge is 0.326 e. The SMILES string of the molecule is NCc1ccc(-c2ncccc2F)cc1. The summed E-state index contributed by atoms with van der Waals surface area (Å²) in [5.41, 5.74) is 7.65. The Morgan fingerprint density at radius 2 is 1.87 bits per heavy atom. The first-order valence-electron chi connectivity index (χ1n) is 4.71. The number of rotatable bonds is 2. The summed E-state index contributed by atoms with van der Waals surface area (Å²) in [7, 11) is 0. The Hall–Kier alpha value is -1.74. The fraction of sp³-hybridized carbons (Fsp3) is 0.0833. The van der Waals surface area contributed by atoms with Crippen molar-refractivity contribution in [2.45, 2.75) is 6.54 Å². The third kappa shape index (κ3) is 2.02. The van der Waals surface area contributed by atoms with E-state index in [0.717, 1.165) is 11.1 Å². The quantitative estimate of drug-likeness (QED) is 0.811. The molecule has 1 heterocycles. The van der Waals surface area contributed by atoms with Gasteiger partial charge in [0, 0.05) is 18.3 Å². The molecular weight excluding hydrogens is 191 g/mol. The summed E-state index contributed by atoms with van der Waals surface area (Å²) >= 11 is 0. The zero-order valence-electron chi connectivity index (χ0n) is 8.15. The molecule has 76 valence electrons. The van der Waals surface area contributed by atoms with E-state index in [9.17, 15) is 4.39 Å². The summed E-state index contributed by atoms with van der Waals surface area (Å²) in [5.74, 6) is -0.307. The minimum atomic E-state index is -0.307. The van der Waals surface area contributed by atoms with Gasteiger partial charge in [0.15, 0.2) is 0 Å². The Balaban J connectivity index is 2.42. The van der Waals surface area contributed by atoms with Gasteiger partial charge in [-0.3, -0.25) is 4.98 Å². The fourth-order valence-corrected chi connectivity index (χ4v) is 1.40. The molecule has 0 amide bonds. The standard InChI is InChI=1S/C12H11FN2/c13-11-2-1-7-15-12(11)10-5-3-9(8-14)4-6-10/h1-7H,8,14H2. The molecule has 0 aliphatic rings. The maximum absolute atomic E-state index is 13.4. The van der Waals surface area contributed by atoms with Crippen LogP contribution >= 0.6 is 0 Å². The van der Waals surface area contributed by atoms with Crippen molar-refractivity contribution in [2.75, 3.05) is 0 Å². The molecule has 15 heavy (non-hydrogen) atoms. The van der Waals surface area contributed by atoms with Crippen molar-refractivity contribution in [3.63, 3.8) is 0 Å². The van der Waals surface area contributed by atoms with E-state index in [4.69, 9.17) is 5.73 Å². The second kappa shape index (κ2) is 4.19. The van der Waals surface area contributed by atoms with Crippen molar-refractivity contribution >= 4 is 0 Å². The van der Waals surface area contributed by atoms with Gasteiger partial charge in [-0.25, -0.2) is 4.39 Å². The normalized spacial score (nSPS) is 10.3. The Labute approximate surface area is 87.6 Å². The molecule has 2 N–H and O–H groups in total. The van der Waals surface area contributed by atoms with E-state index in [2.05, 4.69) is 4.98 Å². The number of nitrogens with two attached hydrogens (primary N) is 1. The maximum Gasteiger partial charge on any atom is 0.149 e. The molecule has 0 aliphatic carbocycles. The molecule has 0 radical (unpaired) electrons. The highest BCUT2D eigenvalue weighted by atomic mass is 19.1. The molecule has 2 nitrogen and oxygen atoms in total. The first-order valence-corrected chi connectivity index (χ1v) is 4.71. The third-order valence-electron chi connectivity index (χ3n) is 2.22. The average Bonchev–Trinajstić information content (AvgIpc) is 2.30. The van der Waals surface area contributed by atoms with E-state index in [1.54, 1.807) is 12.3 Å². The first-order chi connectivity index (χ1) is 7.31. The molecular formula is C12H11FN2. The Kier molecular flexibility index (Phi) is 2.74. The highest BCUT2D eigenvalue weighted by molar-refractivity contribution is 5.59. The van der Waals surface area contributed by atoms with Crippen LogP contribution in [0.25, 0.3) is 11.3 Å². The van der Waals surface area contributed by atoms with Crippen LogP contribution in [0, 0.1) is 5.82 Å². The summed E-state index contributed by atoms with van der Waals surface area (Å²) in [6, 6.07) is 10.4. The predicted molar refractivity (Wildman–Crippen MR) is 57.5 cm³/mol. The lowest BCUT2D eigenvalue weighted by Gasteiger charge is -2.02. The molecule has 0 saturated heterocycles. The molecule has 0 unspecified atom stereocenters. The van der Waals surface area contributed by atoms with Crippen LogP contribution in [0.15, 0.2) is 42.6 Å². The lowest BCUT2D eigenvalue weighted by molar-refractivity contribution is 0.626. The van der Waals surface area contributed by atoms with Crippen LogP contribution in [0.5, 0.6) is 0 Å². The van der Waals surface area contributed by atoms with Gasteiger partial charge in [0.1, 0.15) is 11.5 Å². The smallest absolute Gasteiger partial charge is 0.149 e. The lowest BCUT2D eigenvalue weighted by Crippen LogP contribution is -1.95. The lowest BCUT2D eigenvalue weighted by atomic mass is 10.1. The van der Waals surface area contributed by atoms with Crippen LogP contribution in [0.1, 0.15) is 5.56 Å². The number of halogens is 1. The van der Waals surface area contributed by atoms with E-state index in [1.807, 2.05) is 24.3 Å². The number of benzene rings is 1. The topological polar surface area (TPSA) is 38.9 Å². The minimum Gasteiger partial charge on any atom is -0.326 e. The molecule has 0 fully saturated rings. The molecule has 0 spiro atoms. The van der Waals surface area contributed by atoms with Crippen LogP contribution in [-0.4, -0.2) is 4.98 Å². The van der Waals surface area contributed by atoms with Crippen LogP contribution in [0.3, 0.4) is 0 Å². The Morgan fingerprint density at radius 1 is 1.13 bits per heavy atom. The molecule has 0 atom stereocenters. The van der Waals surface area contributed by atoms with Gasteiger partial charge >= 0.3 is 0 Å². The van der Waals surface area contributed by atoms with E-state index in [1.165, 1.54) is 6.07 Å². The number of hydrogen-bond acceptors (Lipinski definition) is 2. The van der Waals surface area contributed by atoms with Gasteiger partial charge < -0.3 is 5.73 Å². The first kappa shape index (κ1) is 9.80. The highest BCUT2D eigenvalue weighted by Gasteiger charge is 2.04. The van der Waals surface area contributed by atoms with Crippen molar-refractivity contribution in [3.05, 3.63) is 54.0 Å². The Bertz CT molecular complexity index is 451. The number of hydrogen-bond donors (Lipinski definition) is 1. The van der Waals surface area contributed by atoms with Gasteiger partial charge in [0.2, 0.25) is 0 Å². The van der Waals surface area contributed by atoms with Gasteiger partial charge in [-0.15, -0.1) is 0 Å². The summed E-state index contributed by atoms with van der Waals surface area (Å²) in [6.45, 7) is 0.491. The van der Waals surface area contributed by atoms with Gasteiger partial charge in [-0.05, 0) is 17.7 Å². The number of aromatic nitrogens is 1. The molecule has 0 saturated carbocycles. The maximum atomic E-state index is 13.4. The van der Waals surface area contributed by atoms with Crippen LogP contribution in [-0.2, 0) is 6.54 Å². The zero-order valence-corrected chi connectivity index (χ0v) is 8.15. The number of pyridine rings is 1. The summed E-state index contributed by atoms with van der Waals surface area (Å²) in [4.78, 5) is 4.00. The van der Waals surface area contributed by atoms with Gasteiger partial charge in [0.25, 0.3) is 0 Å². The average molecular weight is 202 g/mol. The molecule has 3 heteroatoms. The van der Waals surface area contributed by atoms with Crippen LogP contribution in [0.2, 0.25) is 0 Å².